The van der Waals surface area contributed by atoms with Crippen molar-refractivity contribution in [1.29, 1.82) is 0 Å². The van der Waals surface area contributed by atoms with E-state index < -0.39 is 28.5 Å². The molecular weight excluding hydrogens is 843 g/mol. The van der Waals surface area contributed by atoms with Gasteiger partial charge in [-0.25, -0.2) is 18.3 Å². The van der Waals surface area contributed by atoms with Crippen LogP contribution in [0.2, 0.25) is 0 Å². The summed E-state index contributed by atoms with van der Waals surface area (Å²) in [5, 5.41) is 24.8. The second-order valence-corrected chi connectivity index (χ2v) is 20.4. The number of rotatable bonds is 8. The van der Waals surface area contributed by atoms with Crippen LogP contribution in [0.4, 0.5) is 8.78 Å². The molecule has 342 valence electrons. The molecule has 2 atom stereocenters. The van der Waals surface area contributed by atoms with Crippen molar-refractivity contribution >= 4 is 33.5 Å². The van der Waals surface area contributed by atoms with Gasteiger partial charge < -0.3 is 25.1 Å². The van der Waals surface area contributed by atoms with Crippen LogP contribution in [0.25, 0.3) is 39.0 Å². The standard InChI is InChI=1S/C50H54F2N10O4/c1-27-18-35(19-28(2)42(27)52)62-44(58-16-15-57(47(58)64)39-22-33-25-54-61(34-9-10-34)38(33)23-36(39)51)41-29(3)59(26-48(4,5)43(41)55-62)45(63)40-21-32-20-30(31-12-17-66-49(6,7)24-31)8-11-37(32)60(40)50(13-14-50)46(53)56-65/h8,11,15-16,18-23,25,29,31,34,65H,9-10,12-14,17,24,26H2,1-7H3,(H2,53,56)/t29-,31-/m0/s1. The predicted molar refractivity (Wildman–Crippen MR) is 246 cm³/mol. The van der Waals surface area contributed by atoms with E-state index in [9.17, 15) is 10.0 Å². The minimum absolute atomic E-state index is 0.0308. The van der Waals surface area contributed by atoms with Crippen LogP contribution >= 0.6 is 0 Å². The summed E-state index contributed by atoms with van der Waals surface area (Å²) in [7, 11) is 0. The lowest BCUT2D eigenvalue weighted by Gasteiger charge is -2.42. The third-order valence-electron chi connectivity index (χ3n) is 14.7. The number of aryl methyl sites for hydroxylation is 2. The molecule has 0 bridgehead atoms. The summed E-state index contributed by atoms with van der Waals surface area (Å²) in [5.74, 6) is -0.545. The molecule has 16 heteroatoms. The molecule has 6 heterocycles. The molecule has 2 aliphatic heterocycles. The number of hydrogen-bond donors (Lipinski definition) is 2. The molecule has 2 aliphatic carbocycles. The summed E-state index contributed by atoms with van der Waals surface area (Å²) in [6, 6.07) is 14.3. The lowest BCUT2D eigenvalue weighted by atomic mass is 9.80. The molecule has 3 aromatic carbocycles. The lowest BCUT2D eigenvalue weighted by molar-refractivity contribution is -0.0592. The van der Waals surface area contributed by atoms with Gasteiger partial charge in [-0.3, -0.25) is 18.6 Å². The molecule has 2 saturated carbocycles. The van der Waals surface area contributed by atoms with Crippen molar-refractivity contribution in [2.45, 2.75) is 122 Å². The number of ether oxygens (including phenoxy) is 1. The van der Waals surface area contributed by atoms with Crippen molar-refractivity contribution in [3.8, 4) is 17.2 Å². The monoisotopic (exact) mass is 896 g/mol. The van der Waals surface area contributed by atoms with Crippen molar-refractivity contribution in [3.63, 3.8) is 0 Å². The number of fused-ring (bicyclic) bond motifs is 3. The highest BCUT2D eigenvalue weighted by atomic mass is 19.1. The van der Waals surface area contributed by atoms with Crippen LogP contribution in [0, 0.1) is 25.5 Å². The van der Waals surface area contributed by atoms with Gasteiger partial charge in [0.2, 0.25) is 0 Å². The van der Waals surface area contributed by atoms with E-state index >= 15 is 13.6 Å². The minimum Gasteiger partial charge on any atom is -0.409 e. The Morgan fingerprint density at radius 2 is 1.67 bits per heavy atom. The maximum atomic E-state index is 16.2. The Labute approximate surface area is 379 Å². The van der Waals surface area contributed by atoms with Crippen LogP contribution in [0.3, 0.4) is 0 Å². The maximum absolute atomic E-state index is 16.2. The molecular formula is C50H54F2N10O4. The Bertz CT molecular complexity index is 3240. The van der Waals surface area contributed by atoms with Crippen molar-refractivity contribution < 1.29 is 23.5 Å². The molecule has 1 amide bonds. The summed E-state index contributed by atoms with van der Waals surface area (Å²) in [6.45, 7) is 14.4. The zero-order valence-corrected chi connectivity index (χ0v) is 38.3. The van der Waals surface area contributed by atoms with Gasteiger partial charge in [0.05, 0.1) is 46.5 Å². The number of amides is 1. The predicted octanol–water partition coefficient (Wildman–Crippen LogP) is 8.75. The summed E-state index contributed by atoms with van der Waals surface area (Å²) in [4.78, 5) is 32.3. The zero-order valence-electron chi connectivity index (χ0n) is 38.3. The largest absolute Gasteiger partial charge is 0.409 e. The minimum atomic E-state index is -0.900. The number of nitrogens with zero attached hydrogens (tertiary/aromatic N) is 9. The van der Waals surface area contributed by atoms with Crippen LogP contribution in [0.15, 0.2) is 77.1 Å². The Kier molecular flexibility index (Phi) is 9.23. The van der Waals surface area contributed by atoms with Gasteiger partial charge in [0.1, 0.15) is 28.7 Å². The molecule has 0 spiro atoms. The first kappa shape index (κ1) is 42.1. The Morgan fingerprint density at radius 1 is 0.939 bits per heavy atom. The highest BCUT2D eigenvalue weighted by Gasteiger charge is 2.53. The Morgan fingerprint density at radius 3 is 2.35 bits per heavy atom. The van der Waals surface area contributed by atoms with E-state index in [2.05, 4.69) is 36.2 Å². The highest BCUT2D eigenvalue weighted by Crippen LogP contribution is 2.50. The second-order valence-electron chi connectivity index (χ2n) is 20.4. The fraction of sp³-hybridized carbons (Fsp3) is 0.420. The number of benzene rings is 3. The van der Waals surface area contributed by atoms with Crippen LogP contribution in [0.5, 0.6) is 0 Å². The molecule has 3 fully saturated rings. The van der Waals surface area contributed by atoms with Gasteiger partial charge in [-0.2, -0.15) is 10.2 Å². The maximum Gasteiger partial charge on any atom is 0.338 e. The molecule has 14 nitrogen and oxygen atoms in total. The molecule has 11 rings (SSSR count). The van der Waals surface area contributed by atoms with E-state index in [1.54, 1.807) is 54.0 Å². The number of oxime groups is 1. The topological polar surface area (TPSA) is 156 Å². The number of nitrogens with two attached hydrogens (primary N) is 1. The van der Waals surface area contributed by atoms with Gasteiger partial charge in [-0.05, 0) is 132 Å². The summed E-state index contributed by atoms with van der Waals surface area (Å²) in [6.07, 6.45) is 9.68. The number of aromatic nitrogens is 7. The van der Waals surface area contributed by atoms with Crippen LogP contribution in [-0.4, -0.2) is 73.9 Å². The molecule has 1 saturated heterocycles. The zero-order chi connectivity index (χ0) is 46.4. The first-order valence-electron chi connectivity index (χ1n) is 22.9. The highest BCUT2D eigenvalue weighted by molar-refractivity contribution is 6.02. The first-order chi connectivity index (χ1) is 31.4. The average Bonchev–Trinajstić information content (AvgIpc) is 4.11. The SMILES string of the molecule is Cc1cc(-n2nc3c(c2-n2ccn(-c4cc5cnn(C6CC6)c5cc4F)c2=O)[C@H](C)N(C(=O)c2cc4cc([C@H]5CCOC(C)(C)C5)ccc4n2C2(/C(N)=N/O)CC2)CC3(C)C)cc(C)c1F. The molecule has 4 aromatic heterocycles. The van der Waals surface area contributed by atoms with Gasteiger partial charge in [-0.1, -0.05) is 25.1 Å². The third kappa shape index (κ3) is 6.38. The third-order valence-corrected chi connectivity index (χ3v) is 14.7. The fourth-order valence-electron chi connectivity index (χ4n) is 11.0. The van der Waals surface area contributed by atoms with Gasteiger partial charge in [0.15, 0.2) is 5.84 Å². The Balaban J connectivity index is 1.07. The van der Waals surface area contributed by atoms with E-state index in [1.165, 1.54) is 21.4 Å². The first-order valence-corrected chi connectivity index (χ1v) is 22.9. The van der Waals surface area contributed by atoms with Crippen LogP contribution in [-0.2, 0) is 15.7 Å². The molecule has 3 N–H and O–H groups in total. The average molecular weight is 897 g/mol. The van der Waals surface area contributed by atoms with Crippen molar-refractivity contribution in [2.24, 2.45) is 10.9 Å². The molecule has 7 aromatic rings. The van der Waals surface area contributed by atoms with Crippen molar-refractivity contribution in [3.05, 3.63) is 123 Å². The summed E-state index contributed by atoms with van der Waals surface area (Å²) < 4.78 is 45.6. The summed E-state index contributed by atoms with van der Waals surface area (Å²) >= 11 is 0. The van der Waals surface area contributed by atoms with Crippen molar-refractivity contribution in [2.75, 3.05) is 13.2 Å². The van der Waals surface area contributed by atoms with Gasteiger partial charge >= 0.3 is 5.69 Å². The van der Waals surface area contributed by atoms with Crippen LogP contribution < -0.4 is 11.4 Å². The van der Waals surface area contributed by atoms with Gasteiger partial charge in [0, 0.05) is 58.9 Å². The van der Waals surface area contributed by atoms with Gasteiger partial charge in [0.25, 0.3) is 5.91 Å². The lowest BCUT2D eigenvalue weighted by Crippen LogP contribution is -2.48. The van der Waals surface area contributed by atoms with E-state index in [0.29, 0.717) is 69.9 Å². The van der Waals surface area contributed by atoms with Crippen molar-refractivity contribution in [1.82, 2.24) is 38.2 Å². The smallest absolute Gasteiger partial charge is 0.338 e. The number of hydrogen-bond acceptors (Lipinski definition) is 7. The molecule has 0 radical (unpaired) electrons. The van der Waals surface area contributed by atoms with Gasteiger partial charge in [-0.15, -0.1) is 0 Å². The number of imidazole rings is 1. The number of carbonyl (C=O) groups is 1. The number of halogens is 2. The Hall–Kier alpha value is -6.55. The van der Waals surface area contributed by atoms with E-state index in [1.807, 2.05) is 42.2 Å². The van der Waals surface area contributed by atoms with Crippen LogP contribution in [0.1, 0.15) is 130 Å². The molecule has 4 aliphatic rings. The molecule has 66 heavy (non-hydrogen) atoms. The normalized spacial score (nSPS) is 21.2. The summed E-state index contributed by atoms with van der Waals surface area (Å²) in [5.41, 5.74) is 9.68. The van der Waals surface area contributed by atoms with E-state index in [-0.39, 0.29) is 47.4 Å². The van der Waals surface area contributed by atoms with E-state index in [4.69, 9.17) is 15.6 Å². The second kappa shape index (κ2) is 14.5. The quantitative estimate of drug-likeness (QED) is 0.0669. The fourth-order valence-corrected chi connectivity index (χ4v) is 11.0. The molecule has 0 unspecified atom stereocenters. The van der Waals surface area contributed by atoms with E-state index in [0.717, 1.165) is 42.1 Å². The number of carbonyl (C=O) groups excluding carboxylic acids is 1. The number of amidine groups is 1.